The minimum absolute atomic E-state index is 0.0263. The first-order valence-corrected chi connectivity index (χ1v) is 11.7. The monoisotopic (exact) mass is 541 g/mol. The van der Waals surface area contributed by atoms with Crippen molar-refractivity contribution < 1.29 is 36.3 Å². The molecule has 0 radical (unpaired) electrons. The van der Waals surface area contributed by atoms with Crippen LogP contribution in [0.25, 0.3) is 0 Å². The lowest BCUT2D eigenvalue weighted by atomic mass is 9.90. The molecule has 3 heterocycles. The molecule has 1 aromatic heterocycles. The van der Waals surface area contributed by atoms with Crippen molar-refractivity contribution in [3.8, 4) is 12.3 Å². The maximum Gasteiger partial charge on any atom is 0.417 e. The van der Waals surface area contributed by atoms with Gasteiger partial charge in [0.25, 0.3) is 5.91 Å². The van der Waals surface area contributed by atoms with Crippen LogP contribution in [0.2, 0.25) is 5.02 Å². The Labute approximate surface area is 214 Å². The molecule has 0 aliphatic carbocycles. The fourth-order valence-corrected chi connectivity index (χ4v) is 4.66. The molecule has 4 rings (SSSR count). The number of pyridine rings is 1. The third-order valence-corrected chi connectivity index (χ3v) is 6.77. The number of carbonyl (C=O) groups excluding carboxylic acids is 2. The molecule has 6 nitrogen and oxygen atoms in total. The molecule has 12 heteroatoms. The summed E-state index contributed by atoms with van der Waals surface area (Å²) in [4.78, 5) is 31.3. The molecule has 2 aromatic rings. The second kappa shape index (κ2) is 10.6. The molecule has 0 unspecified atom stereocenters. The van der Waals surface area contributed by atoms with Crippen LogP contribution in [-0.2, 0) is 15.7 Å². The van der Waals surface area contributed by atoms with Gasteiger partial charge in [-0.15, -0.1) is 12.3 Å². The van der Waals surface area contributed by atoms with Crippen molar-refractivity contribution in [1.29, 1.82) is 0 Å². The van der Waals surface area contributed by atoms with Crippen molar-refractivity contribution in [2.75, 3.05) is 19.8 Å². The minimum atomic E-state index is -4.72. The number of carbonyl (C=O) groups is 2. The van der Waals surface area contributed by atoms with E-state index in [4.69, 9.17) is 22.8 Å². The fourth-order valence-electron chi connectivity index (χ4n) is 4.51. The van der Waals surface area contributed by atoms with Gasteiger partial charge in [0.2, 0.25) is 5.91 Å². The van der Waals surface area contributed by atoms with Gasteiger partial charge in [-0.25, -0.2) is 8.78 Å². The highest BCUT2D eigenvalue weighted by molar-refractivity contribution is 6.30. The van der Waals surface area contributed by atoms with Gasteiger partial charge in [0.1, 0.15) is 17.7 Å². The van der Waals surface area contributed by atoms with Gasteiger partial charge < -0.3 is 15.0 Å². The van der Waals surface area contributed by atoms with Crippen LogP contribution in [-0.4, -0.2) is 47.5 Å². The maximum absolute atomic E-state index is 14.7. The average Bonchev–Trinajstić information content (AvgIpc) is 3.23. The van der Waals surface area contributed by atoms with Crippen molar-refractivity contribution in [3.63, 3.8) is 0 Å². The number of halogens is 6. The lowest BCUT2D eigenvalue weighted by molar-refractivity contribution is -0.138. The van der Waals surface area contributed by atoms with Crippen LogP contribution in [0.1, 0.15) is 40.4 Å². The van der Waals surface area contributed by atoms with Crippen LogP contribution >= 0.6 is 11.6 Å². The summed E-state index contributed by atoms with van der Waals surface area (Å²) in [6.45, 7) is 0.383. The van der Waals surface area contributed by atoms with E-state index >= 15 is 0 Å². The number of rotatable bonds is 6. The Bertz CT molecular complexity index is 1250. The molecule has 0 bridgehead atoms. The molecule has 2 aliphatic rings. The van der Waals surface area contributed by atoms with Gasteiger partial charge in [-0.2, -0.15) is 13.2 Å². The molecule has 2 fully saturated rings. The van der Waals surface area contributed by atoms with Gasteiger partial charge in [-0.3, -0.25) is 14.6 Å². The van der Waals surface area contributed by atoms with Crippen LogP contribution < -0.4 is 5.32 Å². The van der Waals surface area contributed by atoms with E-state index in [0.29, 0.717) is 12.3 Å². The topological polar surface area (TPSA) is 71.5 Å². The Kier molecular flexibility index (Phi) is 7.71. The molecule has 0 saturated carbocycles. The Morgan fingerprint density at radius 2 is 1.95 bits per heavy atom. The number of amides is 2. The standard InChI is InChI=1S/C25H21ClF5N3O3/c1-2-3-13-4-21(34(10-13)24(36)14-5-16(9-32-8-14)25(29,30)31)23(35)33-22(15-11-37-12-15)17-6-20(28)18(26)7-19(17)27/h1,5-9,13,15,21-22H,3-4,10-12H2,(H,33,35)/t13-,21-,22-/m1/s1. The summed E-state index contributed by atoms with van der Waals surface area (Å²) in [7, 11) is 0. The third kappa shape index (κ3) is 5.70. The van der Waals surface area contributed by atoms with E-state index in [1.807, 2.05) is 0 Å². The number of terminal acetylenes is 1. The average molecular weight is 542 g/mol. The highest BCUT2D eigenvalue weighted by atomic mass is 35.5. The van der Waals surface area contributed by atoms with Crippen LogP contribution in [0.5, 0.6) is 0 Å². The number of ether oxygens (including phenoxy) is 1. The lowest BCUT2D eigenvalue weighted by Gasteiger charge is -2.36. The van der Waals surface area contributed by atoms with Gasteiger partial charge in [0, 0.05) is 36.8 Å². The molecule has 196 valence electrons. The molecule has 2 aliphatic heterocycles. The Morgan fingerprint density at radius 3 is 2.57 bits per heavy atom. The summed E-state index contributed by atoms with van der Waals surface area (Å²) in [6, 6.07) is 0.267. The van der Waals surface area contributed by atoms with Crippen LogP contribution in [0.15, 0.2) is 30.6 Å². The highest BCUT2D eigenvalue weighted by Gasteiger charge is 2.42. The molecule has 2 saturated heterocycles. The third-order valence-electron chi connectivity index (χ3n) is 6.48. The summed E-state index contributed by atoms with van der Waals surface area (Å²) >= 11 is 5.66. The highest BCUT2D eigenvalue weighted by Crippen LogP contribution is 2.35. The van der Waals surface area contributed by atoms with E-state index in [0.717, 1.165) is 23.2 Å². The summed E-state index contributed by atoms with van der Waals surface area (Å²) in [5, 5.41) is 2.27. The molecule has 2 amide bonds. The second-order valence-electron chi connectivity index (χ2n) is 9.01. The number of likely N-dealkylation sites (tertiary alicyclic amines) is 1. The molecular formula is C25H21ClF5N3O3. The van der Waals surface area contributed by atoms with Crippen molar-refractivity contribution in [2.24, 2.45) is 11.8 Å². The van der Waals surface area contributed by atoms with E-state index in [1.165, 1.54) is 0 Å². The number of alkyl halides is 3. The van der Waals surface area contributed by atoms with Crippen molar-refractivity contribution in [2.45, 2.75) is 31.1 Å². The predicted octanol–water partition coefficient (Wildman–Crippen LogP) is 4.39. The Balaban J connectivity index is 1.62. The van der Waals surface area contributed by atoms with Gasteiger partial charge in [-0.1, -0.05) is 11.6 Å². The Hall–Kier alpha value is -3.23. The predicted molar refractivity (Wildman–Crippen MR) is 122 cm³/mol. The first-order valence-electron chi connectivity index (χ1n) is 11.3. The molecule has 3 atom stereocenters. The maximum atomic E-state index is 14.7. The summed E-state index contributed by atoms with van der Waals surface area (Å²) in [5.74, 6) is -1.41. The molecular weight excluding hydrogens is 521 g/mol. The largest absolute Gasteiger partial charge is 0.417 e. The zero-order chi connectivity index (χ0) is 26.9. The zero-order valence-electron chi connectivity index (χ0n) is 19.2. The second-order valence-corrected chi connectivity index (χ2v) is 9.42. The van der Waals surface area contributed by atoms with Gasteiger partial charge in [0.15, 0.2) is 0 Å². The van der Waals surface area contributed by atoms with Crippen molar-refractivity contribution in [1.82, 2.24) is 15.2 Å². The number of aromatic nitrogens is 1. The first kappa shape index (κ1) is 26.8. The lowest BCUT2D eigenvalue weighted by Crippen LogP contribution is -2.50. The van der Waals surface area contributed by atoms with Crippen molar-refractivity contribution >= 4 is 23.4 Å². The fraction of sp³-hybridized carbons (Fsp3) is 0.400. The minimum Gasteiger partial charge on any atom is -0.381 e. The number of nitrogens with zero attached hydrogens (tertiary/aromatic N) is 2. The smallest absolute Gasteiger partial charge is 0.381 e. The van der Waals surface area contributed by atoms with E-state index in [1.54, 1.807) is 0 Å². The van der Waals surface area contributed by atoms with Gasteiger partial charge in [-0.05, 0) is 30.5 Å². The van der Waals surface area contributed by atoms with E-state index < -0.39 is 52.3 Å². The number of hydrogen-bond acceptors (Lipinski definition) is 4. The molecule has 1 N–H and O–H groups in total. The van der Waals surface area contributed by atoms with Gasteiger partial charge >= 0.3 is 6.18 Å². The SMILES string of the molecule is C#CC[C@@H]1C[C@H](C(=O)N[C@@H](c2cc(F)c(Cl)cc2F)C2COC2)N(C(=O)c2cncc(C(F)(F)F)c2)C1. The van der Waals surface area contributed by atoms with Crippen LogP contribution in [0, 0.1) is 35.8 Å². The summed E-state index contributed by atoms with van der Waals surface area (Å²) < 4.78 is 73.5. The summed E-state index contributed by atoms with van der Waals surface area (Å²) in [5.41, 5.74) is -1.59. The molecule has 1 aromatic carbocycles. The summed E-state index contributed by atoms with van der Waals surface area (Å²) in [6.07, 6.45) is 2.64. The number of hydrogen-bond donors (Lipinski definition) is 1. The number of nitrogens with one attached hydrogen (secondary N) is 1. The Morgan fingerprint density at radius 1 is 1.22 bits per heavy atom. The van der Waals surface area contributed by atoms with E-state index in [-0.39, 0.29) is 55.6 Å². The van der Waals surface area contributed by atoms with Crippen LogP contribution in [0.4, 0.5) is 22.0 Å². The molecule has 37 heavy (non-hydrogen) atoms. The van der Waals surface area contributed by atoms with E-state index in [2.05, 4.69) is 16.2 Å². The number of benzene rings is 1. The van der Waals surface area contributed by atoms with Crippen molar-refractivity contribution in [3.05, 3.63) is 63.9 Å². The molecule has 0 spiro atoms. The van der Waals surface area contributed by atoms with Crippen LogP contribution in [0.3, 0.4) is 0 Å². The quantitative estimate of drug-likeness (QED) is 0.335. The van der Waals surface area contributed by atoms with Gasteiger partial charge in [0.05, 0.1) is 35.4 Å². The normalized spacial score (nSPS) is 20.7. The zero-order valence-corrected chi connectivity index (χ0v) is 20.0. The van der Waals surface area contributed by atoms with E-state index in [9.17, 15) is 31.5 Å². The first-order chi connectivity index (χ1) is 17.5.